The van der Waals surface area contributed by atoms with Crippen LogP contribution in [0.25, 0.3) is 6.08 Å². The predicted octanol–water partition coefficient (Wildman–Crippen LogP) is 1.74. The van der Waals surface area contributed by atoms with E-state index in [0.29, 0.717) is 0 Å². The van der Waals surface area contributed by atoms with E-state index >= 15 is 0 Å². The molecule has 0 atom stereocenters. The third-order valence-electron chi connectivity index (χ3n) is 3.14. The Labute approximate surface area is 113 Å². The maximum absolute atomic E-state index is 12.1. The molecule has 19 heavy (non-hydrogen) atoms. The monoisotopic (exact) mass is 258 g/mol. The Kier molecular flexibility index (Phi) is 4.86. The van der Waals surface area contributed by atoms with Gasteiger partial charge in [0.25, 0.3) is 5.91 Å². The third kappa shape index (κ3) is 3.76. The predicted molar refractivity (Wildman–Crippen MR) is 74.1 cm³/mol. The standard InChI is InChI=1S/C15H18N2O2/c18-13-12-17(16-10-4-5-11-16)15(19)9-8-14-6-2-1-3-7-14/h1-3,6-9,13H,4-5,10-12H2/b9-8+. The normalized spacial score (nSPS) is 15.8. The molecule has 2 rings (SSSR count). The lowest BCUT2D eigenvalue weighted by molar-refractivity contribution is -0.143. The minimum atomic E-state index is -0.141. The van der Waals surface area contributed by atoms with Crippen LogP contribution in [0.1, 0.15) is 18.4 Å². The minimum Gasteiger partial charge on any atom is -0.301 e. The molecule has 4 nitrogen and oxygen atoms in total. The molecule has 0 radical (unpaired) electrons. The van der Waals surface area contributed by atoms with E-state index in [0.717, 1.165) is 37.8 Å². The fraction of sp³-hybridized carbons (Fsp3) is 0.333. The van der Waals surface area contributed by atoms with Gasteiger partial charge in [0.15, 0.2) is 0 Å². The van der Waals surface area contributed by atoms with Gasteiger partial charge in [-0.15, -0.1) is 0 Å². The van der Waals surface area contributed by atoms with Gasteiger partial charge < -0.3 is 4.79 Å². The van der Waals surface area contributed by atoms with Gasteiger partial charge in [-0.05, 0) is 24.5 Å². The fourth-order valence-corrected chi connectivity index (χ4v) is 2.17. The van der Waals surface area contributed by atoms with Crippen LogP contribution in [0.2, 0.25) is 0 Å². The molecule has 1 amide bonds. The molecule has 1 heterocycles. The molecule has 1 aromatic carbocycles. The van der Waals surface area contributed by atoms with Gasteiger partial charge >= 0.3 is 0 Å². The van der Waals surface area contributed by atoms with Crippen LogP contribution in [0.3, 0.4) is 0 Å². The molecule has 1 aromatic rings. The zero-order valence-electron chi connectivity index (χ0n) is 10.9. The lowest BCUT2D eigenvalue weighted by Gasteiger charge is -2.28. The summed E-state index contributed by atoms with van der Waals surface area (Å²) in [5.74, 6) is -0.141. The molecule has 0 N–H and O–H groups in total. The van der Waals surface area contributed by atoms with Gasteiger partial charge in [0.2, 0.25) is 0 Å². The average molecular weight is 258 g/mol. The van der Waals surface area contributed by atoms with Crippen molar-refractivity contribution in [3.8, 4) is 0 Å². The number of rotatable bonds is 5. The molecule has 1 saturated heterocycles. The maximum Gasteiger partial charge on any atom is 0.261 e. The summed E-state index contributed by atoms with van der Waals surface area (Å²) in [6, 6.07) is 9.65. The van der Waals surface area contributed by atoms with Crippen LogP contribution >= 0.6 is 0 Å². The van der Waals surface area contributed by atoms with Crippen molar-refractivity contribution in [2.24, 2.45) is 0 Å². The van der Waals surface area contributed by atoms with Gasteiger partial charge in [-0.25, -0.2) is 5.01 Å². The van der Waals surface area contributed by atoms with Crippen molar-refractivity contribution < 1.29 is 9.59 Å². The van der Waals surface area contributed by atoms with Crippen LogP contribution in [0, 0.1) is 0 Å². The number of hydrogen-bond acceptors (Lipinski definition) is 3. The number of amides is 1. The van der Waals surface area contributed by atoms with E-state index in [1.165, 1.54) is 11.1 Å². The van der Waals surface area contributed by atoms with Crippen molar-refractivity contribution in [2.45, 2.75) is 12.8 Å². The third-order valence-corrected chi connectivity index (χ3v) is 3.14. The average Bonchev–Trinajstić information content (AvgIpc) is 2.97. The molecule has 0 spiro atoms. The second-order valence-corrected chi connectivity index (χ2v) is 4.49. The summed E-state index contributed by atoms with van der Waals surface area (Å²) in [5, 5.41) is 3.48. The number of hydrogen-bond donors (Lipinski definition) is 0. The van der Waals surface area contributed by atoms with Crippen LogP contribution in [-0.2, 0) is 9.59 Å². The van der Waals surface area contributed by atoms with E-state index in [1.807, 2.05) is 35.3 Å². The molecule has 1 aliphatic heterocycles. The lowest BCUT2D eigenvalue weighted by Crippen LogP contribution is -2.45. The van der Waals surface area contributed by atoms with Crippen molar-refractivity contribution in [2.75, 3.05) is 19.6 Å². The highest BCUT2D eigenvalue weighted by Crippen LogP contribution is 2.11. The number of carbonyl (C=O) groups excluding carboxylic acids is 2. The summed E-state index contributed by atoms with van der Waals surface area (Å²) >= 11 is 0. The molecule has 1 aliphatic rings. The number of benzene rings is 1. The van der Waals surface area contributed by atoms with E-state index in [4.69, 9.17) is 0 Å². The highest BCUT2D eigenvalue weighted by atomic mass is 16.2. The first-order valence-electron chi connectivity index (χ1n) is 6.54. The smallest absolute Gasteiger partial charge is 0.261 e. The Balaban J connectivity index is 2.02. The minimum absolute atomic E-state index is 0.123. The van der Waals surface area contributed by atoms with E-state index < -0.39 is 0 Å². The summed E-state index contributed by atoms with van der Waals surface area (Å²) in [6.45, 7) is 1.81. The SMILES string of the molecule is O=CCN(C(=O)/C=C/c1ccccc1)N1CCCC1. The second kappa shape index (κ2) is 6.85. The molecule has 100 valence electrons. The van der Waals surface area contributed by atoms with E-state index in [2.05, 4.69) is 0 Å². The second-order valence-electron chi connectivity index (χ2n) is 4.49. The maximum atomic E-state index is 12.1. The first-order valence-corrected chi connectivity index (χ1v) is 6.54. The first kappa shape index (κ1) is 13.5. The quantitative estimate of drug-likeness (QED) is 0.596. The number of carbonyl (C=O) groups is 2. The van der Waals surface area contributed by atoms with Gasteiger partial charge in [-0.3, -0.25) is 9.80 Å². The highest BCUT2D eigenvalue weighted by molar-refractivity contribution is 5.92. The van der Waals surface area contributed by atoms with Crippen molar-refractivity contribution >= 4 is 18.3 Å². The van der Waals surface area contributed by atoms with E-state index in [9.17, 15) is 9.59 Å². The number of hydrazine groups is 1. The summed E-state index contributed by atoms with van der Waals surface area (Å²) < 4.78 is 0. The topological polar surface area (TPSA) is 40.6 Å². The van der Waals surface area contributed by atoms with Crippen molar-refractivity contribution in [1.82, 2.24) is 10.0 Å². The molecule has 0 saturated carbocycles. The molecule has 4 heteroatoms. The summed E-state index contributed by atoms with van der Waals surface area (Å²) in [6.07, 6.45) is 6.22. The van der Waals surface area contributed by atoms with E-state index in [-0.39, 0.29) is 12.5 Å². The first-order chi connectivity index (χ1) is 9.31. The fourth-order valence-electron chi connectivity index (χ4n) is 2.17. The zero-order valence-corrected chi connectivity index (χ0v) is 10.9. The number of aldehydes is 1. The Morgan fingerprint density at radius 3 is 2.53 bits per heavy atom. The largest absolute Gasteiger partial charge is 0.301 e. The van der Waals surface area contributed by atoms with Gasteiger partial charge in [0, 0.05) is 19.2 Å². The summed E-state index contributed by atoms with van der Waals surface area (Å²) in [5.41, 5.74) is 0.975. The highest BCUT2D eigenvalue weighted by Gasteiger charge is 2.22. The van der Waals surface area contributed by atoms with Crippen molar-refractivity contribution in [3.05, 3.63) is 42.0 Å². The Morgan fingerprint density at radius 2 is 1.89 bits per heavy atom. The zero-order chi connectivity index (χ0) is 13.5. The molecular weight excluding hydrogens is 240 g/mol. The van der Waals surface area contributed by atoms with Gasteiger partial charge in [0.1, 0.15) is 6.29 Å². The lowest BCUT2D eigenvalue weighted by atomic mass is 10.2. The molecule has 0 unspecified atom stereocenters. The van der Waals surface area contributed by atoms with Crippen LogP contribution in [0.5, 0.6) is 0 Å². The van der Waals surface area contributed by atoms with E-state index in [1.54, 1.807) is 6.08 Å². The van der Waals surface area contributed by atoms with Gasteiger partial charge in [0.05, 0.1) is 6.54 Å². The summed E-state index contributed by atoms with van der Waals surface area (Å²) in [7, 11) is 0. The summed E-state index contributed by atoms with van der Waals surface area (Å²) in [4.78, 5) is 22.8. The Morgan fingerprint density at radius 1 is 1.21 bits per heavy atom. The molecule has 0 aliphatic carbocycles. The Hall–Kier alpha value is -1.94. The van der Waals surface area contributed by atoms with Crippen LogP contribution in [0.15, 0.2) is 36.4 Å². The van der Waals surface area contributed by atoms with Gasteiger partial charge in [-0.1, -0.05) is 30.3 Å². The van der Waals surface area contributed by atoms with Crippen molar-refractivity contribution in [3.63, 3.8) is 0 Å². The Bertz CT molecular complexity index is 450. The van der Waals surface area contributed by atoms with Gasteiger partial charge in [-0.2, -0.15) is 0 Å². The van der Waals surface area contributed by atoms with Crippen molar-refractivity contribution in [1.29, 1.82) is 0 Å². The number of nitrogens with zero attached hydrogens (tertiary/aromatic N) is 2. The molecule has 0 bridgehead atoms. The molecule has 1 fully saturated rings. The van der Waals surface area contributed by atoms with Crippen LogP contribution in [0.4, 0.5) is 0 Å². The van der Waals surface area contributed by atoms with Crippen LogP contribution in [-0.4, -0.2) is 41.8 Å². The molecule has 0 aromatic heterocycles. The van der Waals surface area contributed by atoms with Crippen LogP contribution < -0.4 is 0 Å². The molecular formula is C15H18N2O2.